The van der Waals surface area contributed by atoms with Crippen molar-refractivity contribution in [2.75, 3.05) is 12.3 Å². The number of aliphatic carboxylic acids is 1. The van der Waals surface area contributed by atoms with Crippen molar-refractivity contribution in [3.8, 4) is 0 Å². The lowest BCUT2D eigenvalue weighted by atomic mass is 10.1. The Balaban J connectivity index is 3.55. The monoisotopic (exact) mass is 236 g/mol. The van der Waals surface area contributed by atoms with Crippen LogP contribution in [0, 0.1) is 0 Å². The van der Waals surface area contributed by atoms with Crippen LogP contribution in [0.4, 0.5) is 0 Å². The van der Waals surface area contributed by atoms with Gasteiger partial charge in [-0.05, 0) is 24.9 Å². The molecule has 0 heterocycles. The molecule has 0 rings (SSSR count). The Hall–Kier alpha value is -0.790. The molecule has 0 aliphatic rings. The second kappa shape index (κ2) is 8.51. The van der Waals surface area contributed by atoms with Crippen LogP contribution in [0.1, 0.15) is 19.3 Å². The minimum atomic E-state index is -0.963. The van der Waals surface area contributed by atoms with Crippen LogP contribution in [0.3, 0.4) is 0 Å². The number of carboxylic acid groups (broad SMARTS) is 1. The van der Waals surface area contributed by atoms with E-state index in [-0.39, 0.29) is 18.7 Å². The molecule has 5 N–H and O–H groups in total. The quantitative estimate of drug-likeness (QED) is 0.345. The summed E-state index contributed by atoms with van der Waals surface area (Å²) in [5.41, 5.74) is 5.45. The second-order valence-corrected chi connectivity index (χ2v) is 3.68. The number of hydrogen-bond acceptors (Lipinski definition) is 5. The highest BCUT2D eigenvalue weighted by molar-refractivity contribution is 7.93. The normalized spacial score (nSPS) is 12.1. The van der Waals surface area contributed by atoms with Crippen LogP contribution in [0.2, 0.25) is 0 Å². The average Bonchev–Trinajstić information content (AvgIpc) is 2.20. The van der Waals surface area contributed by atoms with Crippen LogP contribution in [0.25, 0.3) is 0 Å². The van der Waals surface area contributed by atoms with Gasteiger partial charge in [0.25, 0.3) is 0 Å². The number of carbonyl (C=O) groups excluding carboxylic acids is 1. The predicted molar refractivity (Wildman–Crippen MR) is 57.6 cm³/mol. The van der Waals surface area contributed by atoms with Crippen LogP contribution >= 0.6 is 12.0 Å². The van der Waals surface area contributed by atoms with E-state index in [2.05, 4.69) is 5.32 Å². The molecular formula is C8H16N2O4S. The van der Waals surface area contributed by atoms with Crippen molar-refractivity contribution < 1.29 is 19.2 Å². The predicted octanol–water partition coefficient (Wildman–Crippen LogP) is -0.109. The largest absolute Gasteiger partial charge is 0.481 e. The van der Waals surface area contributed by atoms with E-state index in [1.54, 1.807) is 0 Å². The van der Waals surface area contributed by atoms with Crippen molar-refractivity contribution in [1.29, 1.82) is 0 Å². The lowest BCUT2D eigenvalue weighted by Gasteiger charge is -2.10. The van der Waals surface area contributed by atoms with E-state index < -0.39 is 12.0 Å². The molecule has 0 spiro atoms. The van der Waals surface area contributed by atoms with E-state index in [9.17, 15) is 9.59 Å². The molecule has 0 aliphatic heterocycles. The Kier molecular flexibility index (Phi) is 8.06. The van der Waals surface area contributed by atoms with Crippen LogP contribution in [-0.4, -0.2) is 39.9 Å². The minimum absolute atomic E-state index is 0.110. The summed E-state index contributed by atoms with van der Waals surface area (Å²) >= 11 is 0.716. The van der Waals surface area contributed by atoms with Gasteiger partial charge in [-0.3, -0.25) is 9.59 Å². The van der Waals surface area contributed by atoms with Crippen LogP contribution in [0.15, 0.2) is 0 Å². The van der Waals surface area contributed by atoms with Gasteiger partial charge in [-0.25, -0.2) is 0 Å². The highest BCUT2D eigenvalue weighted by atomic mass is 32.2. The number of carboxylic acids is 1. The molecule has 0 aromatic heterocycles. The second-order valence-electron chi connectivity index (χ2n) is 3.02. The fraction of sp³-hybridized carbons (Fsp3) is 0.750. The van der Waals surface area contributed by atoms with Crippen molar-refractivity contribution in [1.82, 2.24) is 5.32 Å². The summed E-state index contributed by atoms with van der Waals surface area (Å²) in [6.07, 6.45) is 0.676. The van der Waals surface area contributed by atoms with Gasteiger partial charge in [-0.15, -0.1) is 0 Å². The molecule has 1 amide bonds. The first-order chi connectivity index (χ1) is 7.07. The highest BCUT2D eigenvalue weighted by Crippen LogP contribution is 1.96. The average molecular weight is 236 g/mol. The Morgan fingerprint density at radius 2 is 2.13 bits per heavy atom. The molecule has 88 valence electrons. The lowest BCUT2D eigenvalue weighted by molar-refractivity contribution is -0.137. The molecule has 0 aromatic rings. The van der Waals surface area contributed by atoms with Crippen LogP contribution < -0.4 is 11.1 Å². The molecule has 1 unspecified atom stereocenters. The van der Waals surface area contributed by atoms with Crippen molar-refractivity contribution in [2.24, 2.45) is 5.73 Å². The molecule has 0 radical (unpaired) electrons. The SMILES string of the molecule is NC(CCC(=O)O)C(=O)NCCCSO. The summed E-state index contributed by atoms with van der Waals surface area (Å²) in [6, 6.07) is -0.775. The third-order valence-electron chi connectivity index (χ3n) is 1.72. The lowest BCUT2D eigenvalue weighted by Crippen LogP contribution is -2.41. The molecule has 0 bridgehead atoms. The van der Waals surface area contributed by atoms with Gasteiger partial charge in [0, 0.05) is 18.7 Å². The summed E-state index contributed by atoms with van der Waals surface area (Å²) in [6.45, 7) is 0.438. The van der Waals surface area contributed by atoms with E-state index in [1.807, 2.05) is 0 Å². The molecule has 0 saturated carbocycles. The summed E-state index contributed by atoms with van der Waals surface area (Å²) in [5, 5.41) is 10.9. The van der Waals surface area contributed by atoms with Crippen molar-refractivity contribution in [3.63, 3.8) is 0 Å². The highest BCUT2D eigenvalue weighted by Gasteiger charge is 2.13. The maximum atomic E-state index is 11.2. The zero-order valence-electron chi connectivity index (χ0n) is 8.31. The number of nitrogens with two attached hydrogens (primary N) is 1. The Morgan fingerprint density at radius 1 is 1.47 bits per heavy atom. The van der Waals surface area contributed by atoms with Crippen LogP contribution in [0.5, 0.6) is 0 Å². The zero-order valence-corrected chi connectivity index (χ0v) is 9.13. The number of carbonyl (C=O) groups is 2. The number of nitrogens with one attached hydrogen (secondary N) is 1. The Labute approximate surface area is 92.4 Å². The molecule has 15 heavy (non-hydrogen) atoms. The van der Waals surface area contributed by atoms with Crippen molar-refractivity contribution in [3.05, 3.63) is 0 Å². The smallest absolute Gasteiger partial charge is 0.303 e. The molecule has 0 fully saturated rings. The molecular weight excluding hydrogens is 220 g/mol. The molecule has 7 heteroatoms. The maximum Gasteiger partial charge on any atom is 0.303 e. The van der Waals surface area contributed by atoms with E-state index in [0.29, 0.717) is 30.8 Å². The summed E-state index contributed by atoms with van der Waals surface area (Å²) in [5.74, 6) is -0.765. The van der Waals surface area contributed by atoms with Gasteiger partial charge >= 0.3 is 5.97 Å². The van der Waals surface area contributed by atoms with Crippen molar-refractivity contribution in [2.45, 2.75) is 25.3 Å². The first-order valence-corrected chi connectivity index (χ1v) is 5.53. The van der Waals surface area contributed by atoms with Gasteiger partial charge in [-0.2, -0.15) is 0 Å². The molecule has 0 aliphatic carbocycles. The van der Waals surface area contributed by atoms with E-state index >= 15 is 0 Å². The van der Waals surface area contributed by atoms with E-state index in [4.69, 9.17) is 15.4 Å². The maximum absolute atomic E-state index is 11.2. The molecule has 0 aromatic carbocycles. The zero-order chi connectivity index (χ0) is 11.7. The molecule has 1 atom stereocenters. The van der Waals surface area contributed by atoms with Gasteiger partial charge in [0.15, 0.2) is 0 Å². The Bertz CT molecular complexity index is 213. The number of rotatable bonds is 8. The van der Waals surface area contributed by atoms with Gasteiger partial charge in [-0.1, -0.05) is 0 Å². The fourth-order valence-corrected chi connectivity index (χ4v) is 1.16. The first kappa shape index (κ1) is 14.2. The number of amides is 1. The Morgan fingerprint density at radius 3 is 2.67 bits per heavy atom. The minimum Gasteiger partial charge on any atom is -0.481 e. The summed E-state index contributed by atoms with van der Waals surface area (Å²) in [7, 11) is 0. The van der Waals surface area contributed by atoms with Crippen LogP contribution in [-0.2, 0) is 9.59 Å². The summed E-state index contributed by atoms with van der Waals surface area (Å²) in [4.78, 5) is 21.4. The molecule has 0 saturated heterocycles. The third kappa shape index (κ3) is 8.22. The van der Waals surface area contributed by atoms with Gasteiger partial charge in [0.1, 0.15) is 0 Å². The molecule has 6 nitrogen and oxygen atoms in total. The van der Waals surface area contributed by atoms with Gasteiger partial charge in [0.05, 0.1) is 6.04 Å². The standard InChI is InChI=1S/C8H16N2O4S/c9-6(2-3-7(11)12)8(13)10-4-1-5-15-14/h6,14H,1-5,9H2,(H,10,13)(H,11,12). The summed E-state index contributed by atoms with van der Waals surface area (Å²) < 4.78 is 8.40. The number of hydrogen-bond donors (Lipinski definition) is 4. The fourth-order valence-electron chi connectivity index (χ4n) is 0.889. The van der Waals surface area contributed by atoms with Gasteiger partial charge < -0.3 is 20.7 Å². The topological polar surface area (TPSA) is 113 Å². The third-order valence-corrected chi connectivity index (χ3v) is 2.19. The van der Waals surface area contributed by atoms with Gasteiger partial charge in [0.2, 0.25) is 5.91 Å². The van der Waals surface area contributed by atoms with E-state index in [0.717, 1.165) is 0 Å². The van der Waals surface area contributed by atoms with E-state index in [1.165, 1.54) is 0 Å². The first-order valence-electron chi connectivity index (χ1n) is 4.59. The van der Waals surface area contributed by atoms with Crippen molar-refractivity contribution >= 4 is 23.9 Å².